The van der Waals surface area contributed by atoms with Gasteiger partial charge in [0.25, 0.3) is 0 Å². The van der Waals surface area contributed by atoms with Gasteiger partial charge >= 0.3 is 12.1 Å². The summed E-state index contributed by atoms with van der Waals surface area (Å²) in [7, 11) is 3.46. The van der Waals surface area contributed by atoms with Gasteiger partial charge < -0.3 is 14.4 Å². The molecule has 21 heavy (non-hydrogen) atoms. The van der Waals surface area contributed by atoms with Gasteiger partial charge in [0.05, 0.1) is 19.2 Å². The number of hydrogen-bond acceptors (Lipinski definition) is 4. The van der Waals surface area contributed by atoms with Crippen LogP contribution in [0.2, 0.25) is 12.1 Å². The van der Waals surface area contributed by atoms with Crippen molar-refractivity contribution >= 4 is 19.3 Å². The van der Waals surface area contributed by atoms with Gasteiger partial charge in [-0.2, -0.15) is 0 Å². The Labute approximate surface area is 127 Å². The third kappa shape index (κ3) is 4.79. The highest BCUT2D eigenvalue weighted by molar-refractivity contribution is 6.39. The van der Waals surface area contributed by atoms with Crippen LogP contribution in [0.5, 0.6) is 0 Å². The molecule has 1 atom stereocenters. The van der Waals surface area contributed by atoms with Gasteiger partial charge in [-0.25, -0.2) is 9.59 Å². The lowest BCUT2D eigenvalue weighted by molar-refractivity contribution is -0.136. The smallest absolute Gasteiger partial charge is 0.410 e. The van der Waals surface area contributed by atoms with Crippen LogP contribution in [-0.4, -0.2) is 50.0 Å². The Kier molecular flexibility index (Phi) is 5.87. The molecule has 1 aliphatic rings. The van der Waals surface area contributed by atoms with Crippen LogP contribution in [0.3, 0.4) is 0 Å². The van der Waals surface area contributed by atoms with E-state index in [-0.39, 0.29) is 18.3 Å². The Balaban J connectivity index is 2.97. The fourth-order valence-corrected chi connectivity index (χ4v) is 2.33. The Hall–Kier alpha value is -1.46. The molecule has 0 aromatic heterocycles. The molecule has 0 saturated heterocycles. The van der Waals surface area contributed by atoms with Gasteiger partial charge in [-0.05, 0) is 33.5 Å². The van der Waals surface area contributed by atoms with Crippen LogP contribution in [-0.2, 0) is 14.3 Å². The van der Waals surface area contributed by atoms with Crippen molar-refractivity contribution in [3.8, 4) is 0 Å². The van der Waals surface area contributed by atoms with E-state index in [1.54, 1.807) is 4.90 Å². The monoisotopic (exact) mass is 294 g/mol. The minimum Gasteiger partial charge on any atom is -0.466 e. The molecular weight excluding hydrogens is 269 g/mol. The fraction of sp³-hybridized carbons (Fsp3) is 0.733. The van der Waals surface area contributed by atoms with E-state index in [9.17, 15) is 9.59 Å². The van der Waals surface area contributed by atoms with Crippen molar-refractivity contribution < 1.29 is 19.1 Å². The Bertz CT molecular complexity index is 439. The first kappa shape index (κ1) is 17.6. The molecule has 1 aliphatic heterocycles. The molecule has 0 spiro atoms. The van der Waals surface area contributed by atoms with E-state index in [4.69, 9.17) is 9.47 Å². The van der Waals surface area contributed by atoms with Crippen LogP contribution < -0.4 is 0 Å². The Morgan fingerprint density at radius 2 is 2.00 bits per heavy atom. The maximum atomic E-state index is 12.2. The second-order valence-electron chi connectivity index (χ2n) is 6.26. The lowest BCUT2D eigenvalue weighted by Crippen LogP contribution is -2.44. The van der Waals surface area contributed by atoms with Gasteiger partial charge in [-0.15, -0.1) is 0 Å². The second-order valence-corrected chi connectivity index (χ2v) is 6.26. The lowest BCUT2D eigenvalue weighted by Gasteiger charge is -2.35. The summed E-state index contributed by atoms with van der Waals surface area (Å²) in [5, 5.41) is 0. The average molecular weight is 294 g/mol. The predicted octanol–water partition coefficient (Wildman–Crippen LogP) is 2.66. The number of hydrogen-bond donors (Lipinski definition) is 0. The molecule has 1 amide bonds. The minimum atomic E-state index is -0.553. The second kappa shape index (κ2) is 7.01. The van der Waals surface area contributed by atoms with E-state index >= 15 is 0 Å². The van der Waals surface area contributed by atoms with Gasteiger partial charge in [0.15, 0.2) is 0 Å². The fourth-order valence-electron chi connectivity index (χ4n) is 2.33. The topological polar surface area (TPSA) is 55.8 Å². The summed E-state index contributed by atoms with van der Waals surface area (Å²) in [5.74, 6) is -0.319. The minimum absolute atomic E-state index is 0.0605. The molecule has 1 rings (SSSR count). The molecule has 1 radical (unpaired) electrons. The first-order chi connectivity index (χ1) is 9.69. The van der Waals surface area contributed by atoms with Crippen LogP contribution in [0.25, 0.3) is 0 Å². The van der Waals surface area contributed by atoms with Crippen molar-refractivity contribution in [3.63, 3.8) is 0 Å². The Morgan fingerprint density at radius 1 is 1.38 bits per heavy atom. The third-order valence-electron chi connectivity index (χ3n) is 3.40. The van der Waals surface area contributed by atoms with Gasteiger partial charge in [0.2, 0.25) is 0 Å². The molecule has 0 aromatic carbocycles. The number of carbonyl (C=O) groups is 2. The summed E-state index contributed by atoms with van der Waals surface area (Å²) in [4.78, 5) is 25.7. The lowest BCUT2D eigenvalue weighted by atomic mass is 9.58. The summed E-state index contributed by atoms with van der Waals surface area (Å²) in [6, 6.07) is 0. The van der Waals surface area contributed by atoms with Gasteiger partial charge in [0.1, 0.15) is 12.9 Å². The first-order valence-corrected chi connectivity index (χ1v) is 7.28. The standard InChI is InChI=1S/C15H25BNO4/c1-7-16-12-9-17(14(19)21-15(3,4)5)8-11(10(12)2)13(18)20-6/h12H,7-9H2,1-6H3. The van der Waals surface area contributed by atoms with Crippen molar-refractivity contribution in [2.75, 3.05) is 20.2 Å². The molecule has 1 unspecified atom stereocenters. The average Bonchev–Trinajstić information content (AvgIpc) is 2.38. The molecule has 0 N–H and O–H groups in total. The van der Waals surface area contributed by atoms with Crippen molar-refractivity contribution in [2.24, 2.45) is 0 Å². The van der Waals surface area contributed by atoms with Crippen LogP contribution >= 0.6 is 0 Å². The van der Waals surface area contributed by atoms with E-state index in [0.29, 0.717) is 12.1 Å². The molecule has 0 saturated carbocycles. The number of esters is 1. The number of methoxy groups -OCH3 is 1. The zero-order chi connectivity index (χ0) is 16.2. The summed E-state index contributed by atoms with van der Waals surface area (Å²) in [6.07, 6.45) is 0.476. The number of amides is 1. The molecule has 117 valence electrons. The van der Waals surface area contributed by atoms with E-state index in [2.05, 4.69) is 7.28 Å². The molecule has 5 nitrogen and oxygen atoms in total. The number of nitrogens with zero attached hydrogens (tertiary/aromatic N) is 1. The predicted molar refractivity (Wildman–Crippen MR) is 82.5 cm³/mol. The van der Waals surface area contributed by atoms with E-state index in [1.165, 1.54) is 7.11 Å². The molecule has 1 heterocycles. The van der Waals surface area contributed by atoms with E-state index in [1.807, 2.05) is 34.6 Å². The summed E-state index contributed by atoms with van der Waals surface area (Å²) < 4.78 is 10.2. The highest BCUT2D eigenvalue weighted by atomic mass is 16.6. The molecule has 0 aromatic rings. The SMILES string of the molecule is CC[B]C1CN(C(=O)OC(C)(C)C)CC(C(=O)OC)=C1C. The third-order valence-corrected chi connectivity index (χ3v) is 3.40. The molecular formula is C15H25BNO4. The van der Waals surface area contributed by atoms with E-state index < -0.39 is 11.7 Å². The molecule has 0 fully saturated rings. The molecule has 0 aliphatic carbocycles. The first-order valence-electron chi connectivity index (χ1n) is 7.28. The maximum Gasteiger partial charge on any atom is 0.410 e. The van der Waals surface area contributed by atoms with Gasteiger partial charge in [0, 0.05) is 6.54 Å². The van der Waals surface area contributed by atoms with Gasteiger partial charge in [-0.3, -0.25) is 0 Å². The number of carbonyl (C=O) groups excluding carboxylic acids is 2. The maximum absolute atomic E-state index is 12.2. The zero-order valence-electron chi connectivity index (χ0n) is 13.9. The van der Waals surface area contributed by atoms with Crippen molar-refractivity contribution in [1.82, 2.24) is 4.90 Å². The van der Waals surface area contributed by atoms with Crippen molar-refractivity contribution in [1.29, 1.82) is 0 Å². The van der Waals surface area contributed by atoms with Crippen molar-refractivity contribution in [3.05, 3.63) is 11.1 Å². The highest BCUT2D eigenvalue weighted by Crippen LogP contribution is 2.29. The summed E-state index contributed by atoms with van der Waals surface area (Å²) in [6.45, 7) is 10.2. The molecule has 6 heteroatoms. The number of rotatable bonds is 3. The zero-order valence-corrected chi connectivity index (χ0v) is 13.9. The van der Waals surface area contributed by atoms with Crippen LogP contribution in [0.1, 0.15) is 34.6 Å². The van der Waals surface area contributed by atoms with Crippen molar-refractivity contribution in [2.45, 2.75) is 52.4 Å². The Morgan fingerprint density at radius 3 is 2.48 bits per heavy atom. The number of ether oxygens (including phenoxy) is 2. The summed E-state index contributed by atoms with van der Waals surface area (Å²) >= 11 is 0. The quantitative estimate of drug-likeness (QED) is 0.593. The van der Waals surface area contributed by atoms with Gasteiger partial charge in [-0.1, -0.05) is 18.8 Å². The highest BCUT2D eigenvalue weighted by Gasteiger charge is 2.33. The van der Waals surface area contributed by atoms with Crippen LogP contribution in [0, 0.1) is 0 Å². The van der Waals surface area contributed by atoms with Crippen LogP contribution in [0.15, 0.2) is 11.1 Å². The summed E-state index contributed by atoms with van der Waals surface area (Å²) in [5.41, 5.74) is 0.968. The normalized spacial score (nSPS) is 19.3. The molecule has 0 bridgehead atoms. The largest absolute Gasteiger partial charge is 0.466 e. The van der Waals surface area contributed by atoms with Crippen LogP contribution in [0.4, 0.5) is 4.79 Å². The van der Waals surface area contributed by atoms with E-state index in [0.717, 1.165) is 11.9 Å².